The molecule has 1 aliphatic heterocycles. The molecule has 0 aromatic heterocycles. The molecular formula is C14H17ClN2O2. The van der Waals surface area contributed by atoms with E-state index in [2.05, 4.69) is 5.32 Å². The van der Waals surface area contributed by atoms with E-state index in [1.807, 2.05) is 0 Å². The first kappa shape index (κ1) is 12.8. The number of hydrogen-bond acceptors (Lipinski definition) is 3. The number of anilines is 1. The molecule has 2 unspecified atom stereocenters. The fourth-order valence-corrected chi connectivity index (χ4v) is 2.82. The zero-order valence-corrected chi connectivity index (χ0v) is 11.3. The molecule has 3 rings (SSSR count). The number of halogens is 1. The van der Waals surface area contributed by atoms with E-state index in [-0.39, 0.29) is 18.1 Å². The Morgan fingerprint density at radius 3 is 2.84 bits per heavy atom. The zero-order chi connectivity index (χ0) is 13.4. The highest BCUT2D eigenvalue weighted by Gasteiger charge is 2.41. The van der Waals surface area contributed by atoms with Gasteiger partial charge in [-0.25, -0.2) is 0 Å². The molecule has 102 valence electrons. The van der Waals surface area contributed by atoms with Gasteiger partial charge in [-0.2, -0.15) is 0 Å². The molecule has 1 aliphatic carbocycles. The molecule has 2 atom stereocenters. The quantitative estimate of drug-likeness (QED) is 0.835. The molecule has 0 spiro atoms. The monoisotopic (exact) mass is 280 g/mol. The van der Waals surface area contributed by atoms with Crippen LogP contribution in [0.1, 0.15) is 29.6 Å². The van der Waals surface area contributed by atoms with Crippen molar-refractivity contribution in [2.45, 2.75) is 31.4 Å². The minimum atomic E-state index is -0.143. The Morgan fingerprint density at radius 1 is 1.37 bits per heavy atom. The van der Waals surface area contributed by atoms with Crippen LogP contribution < -0.4 is 11.1 Å². The van der Waals surface area contributed by atoms with Gasteiger partial charge in [0.2, 0.25) is 0 Å². The topological polar surface area (TPSA) is 64.4 Å². The highest BCUT2D eigenvalue weighted by molar-refractivity contribution is 6.31. The normalized spacial score (nSPS) is 26.4. The van der Waals surface area contributed by atoms with Gasteiger partial charge in [0.1, 0.15) is 0 Å². The number of ether oxygens (including phenoxy) is 1. The molecule has 1 aromatic carbocycles. The van der Waals surface area contributed by atoms with E-state index in [9.17, 15) is 4.79 Å². The van der Waals surface area contributed by atoms with E-state index in [1.54, 1.807) is 18.2 Å². The lowest BCUT2D eigenvalue weighted by atomic mass is 10.1. The number of carbonyl (C=O) groups excluding carboxylic acids is 1. The van der Waals surface area contributed by atoms with Crippen LogP contribution in [0.25, 0.3) is 0 Å². The van der Waals surface area contributed by atoms with Gasteiger partial charge in [0, 0.05) is 17.3 Å². The van der Waals surface area contributed by atoms with E-state index in [0.29, 0.717) is 22.2 Å². The summed E-state index contributed by atoms with van der Waals surface area (Å²) in [6.07, 6.45) is 3.47. The summed E-state index contributed by atoms with van der Waals surface area (Å²) in [5, 5.41) is 3.58. The number of nitrogens with one attached hydrogen (secondary N) is 1. The molecule has 1 heterocycles. The molecule has 5 heteroatoms. The van der Waals surface area contributed by atoms with Gasteiger partial charge in [0.25, 0.3) is 5.91 Å². The van der Waals surface area contributed by atoms with Gasteiger partial charge in [-0.1, -0.05) is 11.6 Å². The van der Waals surface area contributed by atoms with Crippen LogP contribution in [0.5, 0.6) is 0 Å². The molecule has 1 saturated heterocycles. The molecule has 1 saturated carbocycles. The number of nitrogen functional groups attached to an aromatic ring is 1. The lowest BCUT2D eigenvalue weighted by molar-refractivity contribution is 0.0730. The van der Waals surface area contributed by atoms with Crippen LogP contribution in [0, 0.1) is 5.92 Å². The maximum Gasteiger partial charge on any atom is 0.253 e. The number of rotatable bonds is 3. The second-order valence-corrected chi connectivity index (χ2v) is 5.71. The maximum absolute atomic E-state index is 12.2. The Morgan fingerprint density at radius 2 is 2.16 bits per heavy atom. The average Bonchev–Trinajstić information content (AvgIpc) is 3.10. The lowest BCUT2D eigenvalue weighted by Gasteiger charge is -2.19. The van der Waals surface area contributed by atoms with Crippen LogP contribution >= 0.6 is 11.6 Å². The summed E-state index contributed by atoms with van der Waals surface area (Å²) in [7, 11) is 0. The van der Waals surface area contributed by atoms with Crippen LogP contribution in [0.2, 0.25) is 5.02 Å². The molecule has 4 nitrogen and oxygen atoms in total. The van der Waals surface area contributed by atoms with E-state index in [1.165, 1.54) is 12.8 Å². The molecule has 0 radical (unpaired) electrons. The SMILES string of the molecule is Nc1cc(Cl)ccc1C(=O)NC1CCOC1C1CC1. The fourth-order valence-electron chi connectivity index (χ4n) is 2.64. The Labute approximate surface area is 117 Å². The standard InChI is InChI=1S/C14H17ClN2O2/c15-9-3-4-10(11(16)7-9)14(18)17-12-5-6-19-13(12)8-1-2-8/h3-4,7-8,12-13H,1-2,5-6,16H2,(H,17,18). The van der Waals surface area contributed by atoms with Gasteiger partial charge in [0.15, 0.2) is 0 Å². The predicted molar refractivity (Wildman–Crippen MR) is 74.2 cm³/mol. The van der Waals surface area contributed by atoms with Gasteiger partial charge in [-0.3, -0.25) is 4.79 Å². The number of carbonyl (C=O) groups is 1. The van der Waals surface area contributed by atoms with Gasteiger partial charge in [-0.15, -0.1) is 0 Å². The van der Waals surface area contributed by atoms with Crippen molar-refractivity contribution >= 4 is 23.2 Å². The fraction of sp³-hybridized carbons (Fsp3) is 0.500. The first-order valence-electron chi connectivity index (χ1n) is 6.62. The largest absolute Gasteiger partial charge is 0.398 e. The smallest absolute Gasteiger partial charge is 0.253 e. The van der Waals surface area contributed by atoms with Crippen molar-refractivity contribution in [1.82, 2.24) is 5.32 Å². The third-order valence-electron chi connectivity index (χ3n) is 3.80. The summed E-state index contributed by atoms with van der Waals surface area (Å²) in [6.45, 7) is 0.724. The number of hydrogen-bond donors (Lipinski definition) is 2. The van der Waals surface area contributed by atoms with Gasteiger partial charge in [0.05, 0.1) is 17.7 Å². The first-order chi connectivity index (χ1) is 9.15. The zero-order valence-electron chi connectivity index (χ0n) is 10.6. The third-order valence-corrected chi connectivity index (χ3v) is 4.03. The number of benzene rings is 1. The summed E-state index contributed by atoms with van der Waals surface area (Å²) < 4.78 is 5.71. The maximum atomic E-state index is 12.2. The Kier molecular flexibility index (Phi) is 3.37. The van der Waals surface area contributed by atoms with Crippen molar-refractivity contribution in [3.8, 4) is 0 Å². The molecule has 19 heavy (non-hydrogen) atoms. The minimum Gasteiger partial charge on any atom is -0.398 e. The highest BCUT2D eigenvalue weighted by Crippen LogP contribution is 2.38. The summed E-state index contributed by atoms with van der Waals surface area (Å²) in [5.41, 5.74) is 6.71. The van der Waals surface area contributed by atoms with Gasteiger partial charge in [-0.05, 0) is 43.4 Å². The van der Waals surface area contributed by atoms with Crippen LogP contribution in [-0.2, 0) is 4.74 Å². The first-order valence-corrected chi connectivity index (χ1v) is 7.00. The van der Waals surface area contributed by atoms with Crippen LogP contribution in [0.3, 0.4) is 0 Å². The van der Waals surface area contributed by atoms with E-state index in [0.717, 1.165) is 13.0 Å². The van der Waals surface area contributed by atoms with Crippen molar-refractivity contribution in [1.29, 1.82) is 0 Å². The summed E-state index contributed by atoms with van der Waals surface area (Å²) in [6, 6.07) is 5.04. The summed E-state index contributed by atoms with van der Waals surface area (Å²) in [5.74, 6) is 0.477. The molecule has 3 N–H and O–H groups in total. The van der Waals surface area contributed by atoms with Crippen LogP contribution in [0.4, 0.5) is 5.69 Å². The van der Waals surface area contributed by atoms with E-state index in [4.69, 9.17) is 22.1 Å². The average molecular weight is 281 g/mol. The number of amides is 1. The summed E-state index contributed by atoms with van der Waals surface area (Å²) >= 11 is 5.83. The van der Waals surface area contributed by atoms with Gasteiger partial charge < -0.3 is 15.8 Å². The van der Waals surface area contributed by atoms with Gasteiger partial charge >= 0.3 is 0 Å². The second kappa shape index (κ2) is 5.02. The van der Waals surface area contributed by atoms with E-state index < -0.39 is 0 Å². The Hall–Kier alpha value is -1.26. The van der Waals surface area contributed by atoms with Crippen molar-refractivity contribution in [3.63, 3.8) is 0 Å². The number of nitrogens with two attached hydrogens (primary N) is 1. The second-order valence-electron chi connectivity index (χ2n) is 5.27. The van der Waals surface area contributed by atoms with Crippen molar-refractivity contribution in [3.05, 3.63) is 28.8 Å². The molecule has 1 aromatic rings. The predicted octanol–water partition coefficient (Wildman–Crippen LogP) is 2.22. The highest BCUT2D eigenvalue weighted by atomic mass is 35.5. The summed E-state index contributed by atoms with van der Waals surface area (Å²) in [4.78, 5) is 12.2. The van der Waals surface area contributed by atoms with Crippen molar-refractivity contribution < 1.29 is 9.53 Å². The molecule has 0 bridgehead atoms. The third kappa shape index (κ3) is 2.69. The van der Waals surface area contributed by atoms with Crippen molar-refractivity contribution in [2.24, 2.45) is 5.92 Å². The van der Waals surface area contributed by atoms with Crippen LogP contribution in [0.15, 0.2) is 18.2 Å². The lowest BCUT2D eigenvalue weighted by Crippen LogP contribution is -2.41. The molecular weight excluding hydrogens is 264 g/mol. The van der Waals surface area contributed by atoms with E-state index >= 15 is 0 Å². The molecule has 1 amide bonds. The molecule has 2 aliphatic rings. The molecule has 2 fully saturated rings. The van der Waals surface area contributed by atoms with Crippen LogP contribution in [-0.4, -0.2) is 24.7 Å². The van der Waals surface area contributed by atoms with Crippen molar-refractivity contribution in [2.75, 3.05) is 12.3 Å². The Balaban J connectivity index is 1.70. The minimum absolute atomic E-state index is 0.107. The Bertz CT molecular complexity index is 502.